The molecule has 0 bridgehead atoms. The largest absolute Gasteiger partial charge is 1.00 e. The fraction of sp³-hybridized carbons (Fsp3) is 0.917. The van der Waals surface area contributed by atoms with Crippen LogP contribution in [0.1, 0.15) is 72.6 Å². The Balaban J connectivity index is -0.0000000592. The normalized spacial score (nSPS) is 10.1. The van der Waals surface area contributed by atoms with Gasteiger partial charge in [0.2, 0.25) is 0 Å². The van der Waals surface area contributed by atoms with Gasteiger partial charge in [-0.15, -0.1) is 0 Å². The van der Waals surface area contributed by atoms with Crippen LogP contribution in [0, 0.1) is 6.92 Å². The Morgan fingerprint density at radius 1 is 0.875 bits per heavy atom. The smallest absolute Gasteiger partial charge is 1.00 e. The average Bonchev–Trinajstić information content (AvgIpc) is 2.28. The SMILES string of the molecule is O=P(O)(O)O.O=S(=O)(O)O.[CH2-]CCCCCCCCCCC.[H-].[K+].[Na+]. The molecule has 0 aliphatic heterocycles. The van der Waals surface area contributed by atoms with E-state index in [0.29, 0.717) is 0 Å². The van der Waals surface area contributed by atoms with Gasteiger partial charge in [-0.3, -0.25) is 9.11 Å². The van der Waals surface area contributed by atoms with E-state index < -0.39 is 18.2 Å². The Morgan fingerprint density at radius 2 is 1.08 bits per heavy atom. The monoisotopic (exact) mass is 428 g/mol. The Labute approximate surface area is 212 Å². The summed E-state index contributed by atoms with van der Waals surface area (Å²) in [6.45, 7) is 6.12. The van der Waals surface area contributed by atoms with Crippen molar-refractivity contribution in [2.75, 3.05) is 0 Å². The molecule has 0 heterocycles. The third-order valence-corrected chi connectivity index (χ3v) is 2.35. The van der Waals surface area contributed by atoms with Crippen LogP contribution in [-0.2, 0) is 15.0 Å². The quantitative estimate of drug-likeness (QED) is 0.0873. The van der Waals surface area contributed by atoms with Gasteiger partial charge in [0.15, 0.2) is 0 Å². The minimum Gasteiger partial charge on any atom is -1.00 e. The van der Waals surface area contributed by atoms with Crippen molar-refractivity contribution >= 4 is 18.2 Å². The summed E-state index contributed by atoms with van der Waals surface area (Å²) in [5.41, 5.74) is 0. The first kappa shape index (κ1) is 37.4. The number of unbranched alkanes of at least 4 members (excludes halogenated alkanes) is 9. The Kier molecular flexibility index (Phi) is 39.9. The first-order chi connectivity index (χ1) is 9.91. The molecule has 0 unspecified atom stereocenters. The average molecular weight is 429 g/mol. The van der Waals surface area contributed by atoms with E-state index >= 15 is 0 Å². The van der Waals surface area contributed by atoms with Gasteiger partial charge in [0, 0.05) is 0 Å². The van der Waals surface area contributed by atoms with Crippen molar-refractivity contribution in [1.29, 1.82) is 0 Å². The molecule has 0 rings (SSSR count). The van der Waals surface area contributed by atoms with Crippen LogP contribution < -0.4 is 80.9 Å². The molecule has 0 saturated carbocycles. The number of hydrogen-bond acceptors (Lipinski definition) is 3. The summed E-state index contributed by atoms with van der Waals surface area (Å²) in [6.07, 6.45) is 13.9. The van der Waals surface area contributed by atoms with E-state index in [-0.39, 0.29) is 82.4 Å². The van der Waals surface area contributed by atoms with Gasteiger partial charge >= 0.3 is 99.2 Å². The first-order valence-corrected chi connectivity index (χ1v) is 10.2. The standard InChI is InChI=1S/C12H25.K.Na.H3O4P.H2O4S.H/c1-3-5-7-9-11-12-10-8-6-4-2;;;2*1-5(2,3)4;/h1,3-12H2,2H3;;;(H3,1,2,3,4);(H2,1,2,3,4);/q-1;2*+1;;;-1. The molecule has 0 fully saturated rings. The molecule has 0 radical (unpaired) electrons. The van der Waals surface area contributed by atoms with Gasteiger partial charge in [0.1, 0.15) is 0 Å². The van der Waals surface area contributed by atoms with Crippen molar-refractivity contribution in [2.45, 2.75) is 71.1 Å². The summed E-state index contributed by atoms with van der Waals surface area (Å²) in [7, 11) is -9.31. The van der Waals surface area contributed by atoms with Gasteiger partial charge < -0.3 is 23.0 Å². The van der Waals surface area contributed by atoms with Gasteiger partial charge in [-0.2, -0.15) is 14.8 Å². The maximum Gasteiger partial charge on any atom is 1.00 e. The van der Waals surface area contributed by atoms with Gasteiger partial charge in [-0.25, -0.2) is 4.57 Å². The van der Waals surface area contributed by atoms with Crippen LogP contribution in [0.3, 0.4) is 0 Å². The second-order valence-electron chi connectivity index (χ2n) is 4.64. The van der Waals surface area contributed by atoms with Crippen LogP contribution in [0.25, 0.3) is 0 Å². The zero-order valence-electron chi connectivity index (χ0n) is 16.1. The Bertz CT molecular complexity index is 344. The van der Waals surface area contributed by atoms with Crippen molar-refractivity contribution in [3.8, 4) is 0 Å². The van der Waals surface area contributed by atoms with Crippen molar-refractivity contribution in [1.82, 2.24) is 0 Å². The van der Waals surface area contributed by atoms with Gasteiger partial charge in [-0.1, -0.05) is 64.7 Å². The third-order valence-electron chi connectivity index (χ3n) is 2.35. The fourth-order valence-corrected chi connectivity index (χ4v) is 1.49. The summed E-state index contributed by atoms with van der Waals surface area (Å²) in [5.74, 6) is 0. The van der Waals surface area contributed by atoms with Crippen molar-refractivity contribution in [3.05, 3.63) is 6.92 Å². The third kappa shape index (κ3) is 102. The van der Waals surface area contributed by atoms with Crippen molar-refractivity contribution in [3.63, 3.8) is 0 Å². The van der Waals surface area contributed by atoms with E-state index in [1.807, 2.05) is 0 Å². The molecular formula is C12H31KNaO8PS. The van der Waals surface area contributed by atoms with Crippen LogP contribution in [-0.4, -0.2) is 32.2 Å². The van der Waals surface area contributed by atoms with E-state index in [2.05, 4.69) is 13.8 Å². The molecule has 8 nitrogen and oxygen atoms in total. The second-order valence-corrected chi connectivity index (χ2v) is 6.57. The molecule has 0 amide bonds. The molecule has 0 aliphatic rings. The molecule has 5 N–H and O–H groups in total. The van der Waals surface area contributed by atoms with E-state index in [1.54, 1.807) is 0 Å². The Morgan fingerprint density at radius 3 is 1.29 bits per heavy atom. The van der Waals surface area contributed by atoms with Gasteiger partial charge in [0.25, 0.3) is 0 Å². The van der Waals surface area contributed by atoms with Crippen LogP contribution in [0.4, 0.5) is 0 Å². The summed E-state index contributed by atoms with van der Waals surface area (Å²) >= 11 is 0. The molecule has 140 valence electrons. The second kappa shape index (κ2) is 25.6. The van der Waals surface area contributed by atoms with Crippen LogP contribution >= 0.6 is 7.82 Å². The van der Waals surface area contributed by atoms with Gasteiger partial charge in [-0.05, 0) is 0 Å². The predicted octanol–water partition coefficient (Wildman–Crippen LogP) is -2.72. The van der Waals surface area contributed by atoms with Crippen LogP contribution in [0.2, 0.25) is 0 Å². The molecule has 0 aromatic heterocycles. The summed E-state index contributed by atoms with van der Waals surface area (Å²) in [4.78, 5) is 21.6. The summed E-state index contributed by atoms with van der Waals surface area (Å²) in [6, 6.07) is 0. The van der Waals surface area contributed by atoms with Crippen LogP contribution in [0.5, 0.6) is 0 Å². The van der Waals surface area contributed by atoms with Gasteiger partial charge in [0.05, 0.1) is 0 Å². The van der Waals surface area contributed by atoms with Crippen molar-refractivity contribution < 1.29 is 119 Å². The first-order valence-electron chi connectivity index (χ1n) is 7.19. The zero-order chi connectivity index (χ0) is 18.1. The topological polar surface area (TPSA) is 152 Å². The predicted molar refractivity (Wildman–Crippen MR) is 86.8 cm³/mol. The molecule has 0 aromatic carbocycles. The summed E-state index contributed by atoms with van der Waals surface area (Å²) in [5, 5.41) is 0. The molecule has 0 atom stereocenters. The molecule has 0 saturated heterocycles. The van der Waals surface area contributed by atoms with E-state index in [1.165, 1.54) is 57.8 Å². The molecule has 12 heteroatoms. The molecule has 0 aromatic rings. The number of hydrogen-bond donors (Lipinski definition) is 5. The van der Waals surface area contributed by atoms with E-state index in [9.17, 15) is 0 Å². The maximum absolute atomic E-state index is 8.88. The molecule has 0 aliphatic carbocycles. The minimum atomic E-state index is -4.67. The zero-order valence-corrected chi connectivity index (χ0v) is 21.9. The van der Waals surface area contributed by atoms with E-state index in [0.717, 1.165) is 6.42 Å². The molecule has 24 heavy (non-hydrogen) atoms. The summed E-state index contributed by atoms with van der Waals surface area (Å²) < 4.78 is 40.5. The molecular weight excluding hydrogens is 397 g/mol. The Hall–Kier alpha value is 2.62. The van der Waals surface area contributed by atoms with E-state index in [4.69, 9.17) is 36.8 Å². The number of phosphoric acid groups is 1. The maximum atomic E-state index is 8.88. The molecule has 0 spiro atoms. The minimum absolute atomic E-state index is 0. The van der Waals surface area contributed by atoms with Crippen molar-refractivity contribution in [2.24, 2.45) is 0 Å². The fourth-order valence-electron chi connectivity index (χ4n) is 1.49. The number of rotatable bonds is 9. The van der Waals surface area contributed by atoms with Crippen LogP contribution in [0.15, 0.2) is 0 Å².